The fourth-order valence-electron chi connectivity index (χ4n) is 3.46. The third-order valence-electron chi connectivity index (χ3n) is 4.94. The molecule has 0 N–H and O–H groups in total. The molecule has 2 aliphatic heterocycles. The molecule has 2 aliphatic rings. The van der Waals surface area contributed by atoms with Gasteiger partial charge in [0.2, 0.25) is 0 Å². The van der Waals surface area contributed by atoms with Crippen LogP contribution in [0.3, 0.4) is 0 Å². The van der Waals surface area contributed by atoms with Crippen molar-refractivity contribution in [3.8, 4) is 6.07 Å². The predicted molar refractivity (Wildman–Crippen MR) is 114 cm³/mol. The number of nitriles is 1. The second-order valence-corrected chi connectivity index (χ2v) is 8.10. The molecular weight excluding hydrogens is 396 g/mol. The third-order valence-corrected chi connectivity index (χ3v) is 6.32. The van der Waals surface area contributed by atoms with Crippen molar-refractivity contribution in [1.29, 1.82) is 5.26 Å². The lowest BCUT2D eigenvalue weighted by Gasteiger charge is -2.33. The van der Waals surface area contributed by atoms with Crippen LogP contribution in [0.25, 0.3) is 6.08 Å². The lowest BCUT2D eigenvalue weighted by atomic mass is 10.0. The van der Waals surface area contributed by atoms with Crippen molar-refractivity contribution in [1.82, 2.24) is 9.47 Å². The molecule has 1 aromatic rings. The molecule has 28 heavy (non-hydrogen) atoms. The summed E-state index contributed by atoms with van der Waals surface area (Å²) in [4.78, 5) is 29.7. The smallest absolute Gasteiger partial charge is 0.270 e. The van der Waals surface area contributed by atoms with E-state index in [9.17, 15) is 14.9 Å². The number of likely N-dealkylation sites (N-methyl/N-ethyl adjacent to an activating group) is 1. The number of nitrogens with zero attached hydrogens (tertiary/aromatic N) is 4. The van der Waals surface area contributed by atoms with Crippen LogP contribution in [0.1, 0.15) is 30.5 Å². The molecule has 7 nitrogen and oxygen atoms in total. The summed E-state index contributed by atoms with van der Waals surface area (Å²) in [6.07, 6.45) is 1.78. The maximum Gasteiger partial charge on any atom is 0.270 e. The Balaban J connectivity index is 2.26. The zero-order valence-electron chi connectivity index (χ0n) is 16.2. The number of hydrogen-bond donors (Lipinski definition) is 0. The van der Waals surface area contributed by atoms with E-state index in [0.29, 0.717) is 54.2 Å². The van der Waals surface area contributed by atoms with E-state index in [2.05, 4.69) is 4.90 Å². The highest BCUT2D eigenvalue weighted by Crippen LogP contribution is 2.35. The number of carbonyl (C=O) groups excluding carboxylic acids is 1. The zero-order chi connectivity index (χ0) is 20.4. The lowest BCUT2D eigenvalue weighted by molar-refractivity contribution is -0.121. The Hall–Kier alpha value is -2.15. The van der Waals surface area contributed by atoms with Gasteiger partial charge in [0.15, 0.2) is 0 Å². The molecule has 0 bridgehead atoms. The van der Waals surface area contributed by atoms with Crippen molar-refractivity contribution in [2.45, 2.75) is 27.3 Å². The molecule has 2 saturated heterocycles. The number of carbonyl (C=O) groups is 1. The normalized spacial score (nSPS) is 18.9. The summed E-state index contributed by atoms with van der Waals surface area (Å²) < 4.78 is 7.59. The number of anilines is 1. The van der Waals surface area contributed by atoms with Crippen molar-refractivity contribution >= 4 is 46.1 Å². The first kappa shape index (κ1) is 20.6. The lowest BCUT2D eigenvalue weighted by Crippen LogP contribution is -2.41. The second kappa shape index (κ2) is 8.47. The number of aromatic nitrogens is 1. The number of ether oxygens (including phenoxy) is 1. The largest absolute Gasteiger partial charge is 0.378 e. The first-order chi connectivity index (χ1) is 13.4. The van der Waals surface area contributed by atoms with Crippen LogP contribution < -0.4 is 10.5 Å². The van der Waals surface area contributed by atoms with Crippen molar-refractivity contribution in [2.75, 3.05) is 37.7 Å². The summed E-state index contributed by atoms with van der Waals surface area (Å²) in [5.74, 6) is 0.589. The fourth-order valence-corrected chi connectivity index (χ4v) is 4.82. The Morgan fingerprint density at radius 3 is 2.46 bits per heavy atom. The van der Waals surface area contributed by atoms with Gasteiger partial charge in [0, 0.05) is 31.7 Å². The van der Waals surface area contributed by atoms with Gasteiger partial charge in [-0.3, -0.25) is 19.1 Å². The van der Waals surface area contributed by atoms with Gasteiger partial charge in [-0.25, -0.2) is 0 Å². The molecule has 9 heteroatoms. The van der Waals surface area contributed by atoms with Gasteiger partial charge in [-0.05, 0) is 32.4 Å². The van der Waals surface area contributed by atoms with E-state index in [-0.39, 0.29) is 17.0 Å². The Labute approximate surface area is 173 Å². The third kappa shape index (κ3) is 3.48. The summed E-state index contributed by atoms with van der Waals surface area (Å²) in [6, 6.07) is 2.04. The van der Waals surface area contributed by atoms with Gasteiger partial charge in [-0.2, -0.15) is 5.26 Å². The number of hydrogen-bond acceptors (Lipinski definition) is 7. The van der Waals surface area contributed by atoms with Crippen LogP contribution in [0.15, 0.2) is 9.70 Å². The van der Waals surface area contributed by atoms with E-state index in [4.69, 9.17) is 17.0 Å². The highest BCUT2D eigenvalue weighted by Gasteiger charge is 2.32. The van der Waals surface area contributed by atoms with Gasteiger partial charge < -0.3 is 9.64 Å². The number of pyridine rings is 1. The van der Waals surface area contributed by atoms with Crippen LogP contribution in [0.5, 0.6) is 0 Å². The zero-order valence-corrected chi connectivity index (χ0v) is 17.8. The quantitative estimate of drug-likeness (QED) is 0.547. The first-order valence-electron chi connectivity index (χ1n) is 9.20. The van der Waals surface area contributed by atoms with Gasteiger partial charge in [-0.15, -0.1) is 0 Å². The average Bonchev–Trinajstić information content (AvgIpc) is 2.97. The molecule has 2 fully saturated rings. The molecular formula is C19H22N4O3S2. The number of amides is 1. The summed E-state index contributed by atoms with van der Waals surface area (Å²) in [7, 11) is 0. The van der Waals surface area contributed by atoms with Crippen LogP contribution in [0.2, 0.25) is 0 Å². The predicted octanol–water partition coefficient (Wildman–Crippen LogP) is 2.11. The molecule has 1 amide bonds. The first-order valence-corrected chi connectivity index (χ1v) is 10.4. The molecule has 148 valence electrons. The standard InChI is InChI=1S/C19H22N4O3S2/c1-4-22-16(21-6-8-26-9-7-21)13(12(3)14(11-20)17(22)24)10-15-18(25)23(5-2)19(27)28-15/h10H,4-9H2,1-3H3. The molecule has 0 atom stereocenters. The van der Waals surface area contributed by atoms with Gasteiger partial charge in [0.05, 0.1) is 18.1 Å². The van der Waals surface area contributed by atoms with Crippen molar-refractivity contribution in [2.24, 2.45) is 0 Å². The average molecular weight is 419 g/mol. The Kier molecular flexibility index (Phi) is 6.23. The van der Waals surface area contributed by atoms with Crippen LogP contribution >= 0.6 is 24.0 Å². The second-order valence-electron chi connectivity index (χ2n) is 6.42. The van der Waals surface area contributed by atoms with Gasteiger partial charge in [-0.1, -0.05) is 24.0 Å². The number of morpholine rings is 1. The highest BCUT2D eigenvalue weighted by molar-refractivity contribution is 8.26. The van der Waals surface area contributed by atoms with Crippen LogP contribution in [-0.4, -0.2) is 52.5 Å². The van der Waals surface area contributed by atoms with Crippen LogP contribution in [0.4, 0.5) is 5.82 Å². The van der Waals surface area contributed by atoms with Crippen LogP contribution in [-0.2, 0) is 16.1 Å². The Morgan fingerprint density at radius 1 is 1.25 bits per heavy atom. The molecule has 0 radical (unpaired) electrons. The summed E-state index contributed by atoms with van der Waals surface area (Å²) >= 11 is 6.56. The van der Waals surface area contributed by atoms with Gasteiger partial charge in [0.25, 0.3) is 11.5 Å². The SMILES string of the molecule is CCN1C(=O)C(=Cc2c(C)c(C#N)c(=O)n(CC)c2N2CCOCC2)SC1=S. The van der Waals surface area contributed by atoms with E-state index >= 15 is 0 Å². The molecule has 1 aromatic heterocycles. The Bertz CT molecular complexity index is 955. The van der Waals surface area contributed by atoms with E-state index in [1.165, 1.54) is 11.8 Å². The summed E-state index contributed by atoms with van der Waals surface area (Å²) in [5, 5.41) is 9.56. The highest BCUT2D eigenvalue weighted by atomic mass is 32.2. The fraction of sp³-hybridized carbons (Fsp3) is 0.474. The maximum absolute atomic E-state index is 12.9. The molecule has 0 aromatic carbocycles. The van der Waals surface area contributed by atoms with E-state index in [1.807, 2.05) is 19.9 Å². The molecule has 0 saturated carbocycles. The number of thiocarbonyl (C=S) groups is 1. The molecule has 0 aliphatic carbocycles. The maximum atomic E-state index is 12.9. The Morgan fingerprint density at radius 2 is 1.93 bits per heavy atom. The minimum Gasteiger partial charge on any atom is -0.378 e. The minimum absolute atomic E-state index is 0.107. The molecule has 3 heterocycles. The van der Waals surface area contributed by atoms with E-state index in [0.717, 1.165) is 11.4 Å². The summed E-state index contributed by atoms with van der Waals surface area (Å²) in [5.41, 5.74) is 1.11. The van der Waals surface area contributed by atoms with Crippen molar-refractivity contribution < 1.29 is 9.53 Å². The number of rotatable bonds is 4. The van der Waals surface area contributed by atoms with E-state index in [1.54, 1.807) is 22.5 Å². The monoisotopic (exact) mass is 418 g/mol. The number of thioether (sulfide) groups is 1. The van der Waals surface area contributed by atoms with Gasteiger partial charge >= 0.3 is 0 Å². The molecule has 0 spiro atoms. The van der Waals surface area contributed by atoms with Crippen LogP contribution in [0, 0.1) is 18.3 Å². The topological polar surface area (TPSA) is 78.6 Å². The van der Waals surface area contributed by atoms with E-state index < -0.39 is 0 Å². The molecule has 0 unspecified atom stereocenters. The van der Waals surface area contributed by atoms with Gasteiger partial charge in [0.1, 0.15) is 21.8 Å². The van der Waals surface area contributed by atoms with Crippen molar-refractivity contribution in [3.05, 3.63) is 31.9 Å². The minimum atomic E-state index is -0.303. The van der Waals surface area contributed by atoms with Crippen molar-refractivity contribution in [3.63, 3.8) is 0 Å². The molecule has 3 rings (SSSR count). The summed E-state index contributed by atoms with van der Waals surface area (Å²) in [6.45, 7) is 8.86.